The van der Waals surface area contributed by atoms with Crippen LogP contribution in [0.5, 0.6) is 0 Å². The molecule has 2 rings (SSSR count). The molecule has 2 aromatic rings. The second-order valence-electron chi connectivity index (χ2n) is 6.70. The average molecular weight is 452 g/mol. The summed E-state index contributed by atoms with van der Waals surface area (Å²) < 4.78 is 26.5. The van der Waals surface area contributed by atoms with Crippen molar-refractivity contribution in [1.82, 2.24) is 10.2 Å². The summed E-state index contributed by atoms with van der Waals surface area (Å²) in [6.45, 7) is 5.02. The summed E-state index contributed by atoms with van der Waals surface area (Å²) in [4.78, 5) is 38.1. The Labute approximate surface area is 184 Å². The first-order valence-electron chi connectivity index (χ1n) is 9.88. The van der Waals surface area contributed by atoms with Crippen LogP contribution in [0, 0.1) is 11.6 Å². The monoisotopic (exact) mass is 451 g/mol. The largest absolute Gasteiger partial charge is 0.352 e. The van der Waals surface area contributed by atoms with Crippen LogP contribution in [0.4, 0.5) is 14.5 Å². The number of anilines is 1. The number of amides is 3. The standard InChI is InChI=1S/C22H24ClF2N3O3/c1-3-28(4-2)22(31)16-10-8-15(13-18(16)23)27-20(29)6-5-11-26-21(30)17-9-7-14(24)12-19(17)25/h7-10,12-13H,3-6,11H2,1-2H3,(H,26,30)(H,27,29). The first kappa shape index (κ1) is 24.3. The van der Waals surface area contributed by atoms with E-state index in [4.69, 9.17) is 11.6 Å². The molecule has 0 fully saturated rings. The number of nitrogens with zero attached hydrogens (tertiary/aromatic N) is 1. The molecule has 0 aliphatic rings. The SMILES string of the molecule is CCN(CC)C(=O)c1ccc(NC(=O)CCCNC(=O)c2ccc(F)cc2F)cc1Cl. The number of hydrogen-bond acceptors (Lipinski definition) is 3. The van der Waals surface area contributed by atoms with E-state index < -0.39 is 17.5 Å². The van der Waals surface area contributed by atoms with Crippen LogP contribution in [0.1, 0.15) is 47.4 Å². The van der Waals surface area contributed by atoms with Gasteiger partial charge in [0.2, 0.25) is 5.91 Å². The lowest BCUT2D eigenvalue weighted by Gasteiger charge is -2.19. The summed E-state index contributed by atoms with van der Waals surface area (Å²) in [5.74, 6) is -2.88. The molecular weight excluding hydrogens is 428 g/mol. The van der Waals surface area contributed by atoms with E-state index in [0.717, 1.165) is 12.1 Å². The van der Waals surface area contributed by atoms with Gasteiger partial charge in [0, 0.05) is 37.8 Å². The number of halogens is 3. The lowest BCUT2D eigenvalue weighted by molar-refractivity contribution is -0.116. The van der Waals surface area contributed by atoms with E-state index in [-0.39, 0.29) is 35.4 Å². The Morgan fingerprint density at radius 2 is 1.68 bits per heavy atom. The summed E-state index contributed by atoms with van der Waals surface area (Å²) in [6, 6.07) is 7.36. The molecule has 0 bridgehead atoms. The van der Waals surface area contributed by atoms with Gasteiger partial charge in [-0.15, -0.1) is 0 Å². The van der Waals surface area contributed by atoms with Crippen LogP contribution in [-0.2, 0) is 4.79 Å². The Kier molecular flexibility index (Phi) is 8.93. The number of nitrogens with one attached hydrogen (secondary N) is 2. The molecule has 3 amide bonds. The Balaban J connectivity index is 1.83. The van der Waals surface area contributed by atoms with Crippen LogP contribution in [0.3, 0.4) is 0 Å². The molecule has 0 saturated carbocycles. The summed E-state index contributed by atoms with van der Waals surface area (Å²) in [6.07, 6.45) is 0.413. The lowest BCUT2D eigenvalue weighted by Crippen LogP contribution is -2.30. The van der Waals surface area contributed by atoms with Gasteiger partial charge in [0.1, 0.15) is 11.6 Å². The third-order valence-electron chi connectivity index (χ3n) is 4.58. The van der Waals surface area contributed by atoms with Crippen molar-refractivity contribution in [1.29, 1.82) is 0 Å². The fraction of sp³-hybridized carbons (Fsp3) is 0.318. The molecule has 31 heavy (non-hydrogen) atoms. The summed E-state index contributed by atoms with van der Waals surface area (Å²) in [5.41, 5.74) is 0.544. The van der Waals surface area contributed by atoms with Crippen molar-refractivity contribution in [2.24, 2.45) is 0 Å². The van der Waals surface area contributed by atoms with E-state index in [1.165, 1.54) is 6.07 Å². The van der Waals surface area contributed by atoms with Crippen molar-refractivity contribution in [2.75, 3.05) is 25.0 Å². The van der Waals surface area contributed by atoms with Crippen LogP contribution in [0.15, 0.2) is 36.4 Å². The van der Waals surface area contributed by atoms with Gasteiger partial charge in [-0.2, -0.15) is 0 Å². The second-order valence-corrected chi connectivity index (χ2v) is 7.11. The van der Waals surface area contributed by atoms with Crippen LogP contribution < -0.4 is 10.6 Å². The predicted octanol–water partition coefficient (Wildman–Crippen LogP) is 4.25. The van der Waals surface area contributed by atoms with Gasteiger partial charge in [0.25, 0.3) is 11.8 Å². The highest BCUT2D eigenvalue weighted by atomic mass is 35.5. The van der Waals surface area contributed by atoms with Gasteiger partial charge in [-0.3, -0.25) is 14.4 Å². The van der Waals surface area contributed by atoms with Crippen LogP contribution >= 0.6 is 11.6 Å². The molecule has 0 radical (unpaired) electrons. The fourth-order valence-corrected chi connectivity index (χ4v) is 3.15. The number of hydrogen-bond donors (Lipinski definition) is 2. The molecule has 0 aliphatic heterocycles. The number of carbonyl (C=O) groups excluding carboxylic acids is 3. The van der Waals surface area contributed by atoms with E-state index in [2.05, 4.69) is 10.6 Å². The van der Waals surface area contributed by atoms with Crippen molar-refractivity contribution in [3.8, 4) is 0 Å². The van der Waals surface area contributed by atoms with Crippen molar-refractivity contribution in [3.05, 3.63) is 64.2 Å². The minimum absolute atomic E-state index is 0.101. The zero-order chi connectivity index (χ0) is 23.0. The maximum absolute atomic E-state index is 13.6. The molecule has 0 spiro atoms. The molecule has 9 heteroatoms. The predicted molar refractivity (Wildman–Crippen MR) is 115 cm³/mol. The minimum atomic E-state index is -0.949. The van der Waals surface area contributed by atoms with Crippen molar-refractivity contribution in [3.63, 3.8) is 0 Å². The molecule has 166 valence electrons. The topological polar surface area (TPSA) is 78.5 Å². The molecule has 0 atom stereocenters. The number of carbonyl (C=O) groups is 3. The van der Waals surface area contributed by atoms with Crippen molar-refractivity contribution >= 4 is 35.0 Å². The van der Waals surface area contributed by atoms with E-state index in [9.17, 15) is 23.2 Å². The van der Waals surface area contributed by atoms with Gasteiger partial charge < -0.3 is 15.5 Å². The highest BCUT2D eigenvalue weighted by molar-refractivity contribution is 6.34. The van der Waals surface area contributed by atoms with Gasteiger partial charge in [-0.05, 0) is 50.6 Å². The van der Waals surface area contributed by atoms with Gasteiger partial charge >= 0.3 is 0 Å². The third-order valence-corrected chi connectivity index (χ3v) is 4.89. The van der Waals surface area contributed by atoms with Crippen molar-refractivity contribution in [2.45, 2.75) is 26.7 Å². The first-order chi connectivity index (χ1) is 14.8. The molecular formula is C22H24ClF2N3O3. The zero-order valence-electron chi connectivity index (χ0n) is 17.3. The van der Waals surface area contributed by atoms with Crippen LogP contribution in [0.25, 0.3) is 0 Å². The van der Waals surface area contributed by atoms with E-state index >= 15 is 0 Å². The van der Waals surface area contributed by atoms with Gasteiger partial charge in [0.15, 0.2) is 0 Å². The molecule has 2 aromatic carbocycles. The zero-order valence-corrected chi connectivity index (χ0v) is 18.1. The Bertz CT molecular complexity index is 965. The molecule has 0 aliphatic carbocycles. The molecule has 0 unspecified atom stereocenters. The highest BCUT2D eigenvalue weighted by Crippen LogP contribution is 2.22. The van der Waals surface area contributed by atoms with E-state index in [0.29, 0.717) is 36.8 Å². The molecule has 0 heterocycles. The highest BCUT2D eigenvalue weighted by Gasteiger charge is 2.17. The van der Waals surface area contributed by atoms with Gasteiger partial charge in [-0.25, -0.2) is 8.78 Å². The molecule has 0 aromatic heterocycles. The van der Waals surface area contributed by atoms with Gasteiger partial charge in [0.05, 0.1) is 16.1 Å². The molecule has 2 N–H and O–H groups in total. The third kappa shape index (κ3) is 6.75. The van der Waals surface area contributed by atoms with Crippen LogP contribution in [0.2, 0.25) is 5.02 Å². The quantitative estimate of drug-likeness (QED) is 0.559. The average Bonchev–Trinajstić information content (AvgIpc) is 2.72. The van der Waals surface area contributed by atoms with Crippen LogP contribution in [-0.4, -0.2) is 42.3 Å². The van der Waals surface area contributed by atoms with E-state index in [1.54, 1.807) is 17.0 Å². The summed E-state index contributed by atoms with van der Waals surface area (Å²) in [7, 11) is 0. The normalized spacial score (nSPS) is 10.5. The number of rotatable bonds is 9. The summed E-state index contributed by atoms with van der Waals surface area (Å²) >= 11 is 6.21. The number of benzene rings is 2. The maximum Gasteiger partial charge on any atom is 0.255 e. The summed E-state index contributed by atoms with van der Waals surface area (Å²) in [5, 5.41) is 5.40. The lowest BCUT2D eigenvalue weighted by atomic mass is 10.1. The van der Waals surface area contributed by atoms with E-state index in [1.807, 2.05) is 13.8 Å². The Hall–Kier alpha value is -3.00. The maximum atomic E-state index is 13.6. The Morgan fingerprint density at radius 1 is 1.00 bits per heavy atom. The second kappa shape index (κ2) is 11.4. The fourth-order valence-electron chi connectivity index (χ4n) is 2.89. The van der Waals surface area contributed by atoms with Crippen molar-refractivity contribution < 1.29 is 23.2 Å². The smallest absolute Gasteiger partial charge is 0.255 e. The van der Waals surface area contributed by atoms with Gasteiger partial charge in [-0.1, -0.05) is 11.6 Å². The minimum Gasteiger partial charge on any atom is -0.352 e. The molecule has 0 saturated heterocycles. The molecule has 6 nitrogen and oxygen atoms in total. The Morgan fingerprint density at radius 3 is 2.29 bits per heavy atom. The first-order valence-corrected chi connectivity index (χ1v) is 10.3.